The van der Waals surface area contributed by atoms with Crippen molar-refractivity contribution < 1.29 is 14.5 Å². The summed E-state index contributed by atoms with van der Waals surface area (Å²) in [5.41, 5.74) is 4.97. The SMILES string of the molecule is NC(CP(=O)=S)C(=O)O. The van der Waals surface area contributed by atoms with Crippen LogP contribution in [0.15, 0.2) is 0 Å². The monoisotopic (exact) mass is 167 g/mol. The molecule has 6 heteroatoms. The molecule has 52 valence electrons. The molecule has 0 saturated carbocycles. The van der Waals surface area contributed by atoms with Gasteiger partial charge in [0.25, 0.3) is 0 Å². The highest BCUT2D eigenvalue weighted by Gasteiger charge is 2.11. The predicted octanol–water partition coefficient (Wildman–Crippen LogP) is -0.312. The molecule has 3 N–H and O–H groups in total. The molecule has 0 rings (SSSR count). The largest absolute Gasteiger partial charge is 0.480 e. The van der Waals surface area contributed by atoms with Gasteiger partial charge in [0.05, 0.1) is 6.16 Å². The van der Waals surface area contributed by atoms with Crippen LogP contribution < -0.4 is 5.73 Å². The summed E-state index contributed by atoms with van der Waals surface area (Å²) in [6.07, 6.45) is -0.125. The summed E-state index contributed by atoms with van der Waals surface area (Å²) in [6.45, 7) is -1.84. The summed E-state index contributed by atoms with van der Waals surface area (Å²) in [6, 6.07) is -1.08. The maximum atomic E-state index is 10.2. The number of aliphatic carboxylic acids is 1. The molecule has 0 saturated heterocycles. The molecular weight excluding hydrogens is 161 g/mol. The Labute approximate surface area is 57.5 Å². The third kappa shape index (κ3) is 4.27. The van der Waals surface area contributed by atoms with E-state index in [4.69, 9.17) is 10.8 Å². The van der Waals surface area contributed by atoms with Gasteiger partial charge in [0.15, 0.2) is 6.58 Å². The molecule has 2 unspecified atom stereocenters. The fourth-order valence-electron chi connectivity index (χ4n) is 0.239. The Morgan fingerprint density at radius 3 is 2.44 bits per heavy atom. The average Bonchev–Trinajstić information content (AvgIpc) is 1.63. The average molecular weight is 167 g/mol. The van der Waals surface area contributed by atoms with Gasteiger partial charge in [-0.25, -0.2) is 0 Å². The third-order valence-corrected chi connectivity index (χ3v) is 1.80. The molecule has 0 heterocycles. The highest BCUT2D eigenvalue weighted by atomic mass is 32.4. The minimum atomic E-state index is -1.84. The minimum Gasteiger partial charge on any atom is -0.480 e. The number of carboxylic acid groups (broad SMARTS) is 1. The second-order valence-corrected chi connectivity index (χ2v) is 3.71. The van der Waals surface area contributed by atoms with E-state index in [0.717, 1.165) is 0 Å². The van der Waals surface area contributed by atoms with E-state index in [2.05, 4.69) is 11.8 Å². The molecular formula is C3H6NO3PS. The van der Waals surface area contributed by atoms with Gasteiger partial charge in [0.1, 0.15) is 6.04 Å². The van der Waals surface area contributed by atoms with Gasteiger partial charge in [-0.3, -0.25) is 9.36 Å². The first-order valence-electron chi connectivity index (χ1n) is 2.14. The zero-order valence-electron chi connectivity index (χ0n) is 4.48. The number of nitrogens with two attached hydrogens (primary N) is 1. The van der Waals surface area contributed by atoms with Crippen LogP contribution in [-0.2, 0) is 21.2 Å². The zero-order valence-corrected chi connectivity index (χ0v) is 6.19. The van der Waals surface area contributed by atoms with Gasteiger partial charge in [-0.05, 0) is 11.8 Å². The molecule has 2 atom stereocenters. The van der Waals surface area contributed by atoms with Gasteiger partial charge in [0.2, 0.25) is 0 Å². The molecule has 0 aromatic heterocycles. The molecule has 0 bridgehead atoms. The maximum absolute atomic E-state index is 10.2. The Morgan fingerprint density at radius 2 is 2.33 bits per heavy atom. The topological polar surface area (TPSA) is 80.4 Å². The van der Waals surface area contributed by atoms with Crippen LogP contribution in [0.2, 0.25) is 0 Å². The van der Waals surface area contributed by atoms with E-state index in [-0.39, 0.29) is 6.16 Å². The van der Waals surface area contributed by atoms with Gasteiger partial charge in [-0.2, -0.15) is 0 Å². The van der Waals surface area contributed by atoms with Crippen molar-refractivity contribution in [1.82, 2.24) is 0 Å². The van der Waals surface area contributed by atoms with Gasteiger partial charge in [-0.15, -0.1) is 0 Å². The van der Waals surface area contributed by atoms with Gasteiger partial charge < -0.3 is 10.8 Å². The number of rotatable bonds is 3. The third-order valence-electron chi connectivity index (χ3n) is 0.663. The smallest absolute Gasteiger partial charge is 0.321 e. The Kier molecular flexibility index (Phi) is 3.61. The molecule has 0 aliphatic heterocycles. The van der Waals surface area contributed by atoms with Crippen molar-refractivity contribution in [3.8, 4) is 0 Å². The van der Waals surface area contributed by atoms with E-state index >= 15 is 0 Å². The van der Waals surface area contributed by atoms with Gasteiger partial charge in [-0.1, -0.05) is 0 Å². The Bertz CT molecular complexity index is 170. The van der Waals surface area contributed by atoms with Crippen molar-refractivity contribution in [3.63, 3.8) is 0 Å². The molecule has 0 radical (unpaired) electrons. The van der Waals surface area contributed by atoms with Crippen molar-refractivity contribution in [2.45, 2.75) is 6.04 Å². The Morgan fingerprint density at radius 1 is 1.89 bits per heavy atom. The van der Waals surface area contributed by atoms with Crippen LogP contribution in [0.5, 0.6) is 0 Å². The van der Waals surface area contributed by atoms with Crippen LogP contribution in [-0.4, -0.2) is 23.3 Å². The second kappa shape index (κ2) is 3.71. The first-order chi connectivity index (χ1) is 4.04. The lowest BCUT2D eigenvalue weighted by molar-refractivity contribution is -0.137. The van der Waals surface area contributed by atoms with E-state index < -0.39 is 18.6 Å². The summed E-state index contributed by atoms with van der Waals surface area (Å²) in [5.74, 6) is -1.16. The quantitative estimate of drug-likeness (QED) is 0.563. The Balaban J connectivity index is 3.77. The van der Waals surface area contributed by atoms with Crippen LogP contribution >= 0.6 is 6.58 Å². The van der Waals surface area contributed by atoms with Crippen molar-refractivity contribution in [2.24, 2.45) is 5.73 Å². The van der Waals surface area contributed by atoms with Gasteiger partial charge >= 0.3 is 5.97 Å². The van der Waals surface area contributed by atoms with Crippen LogP contribution in [0.3, 0.4) is 0 Å². The van der Waals surface area contributed by atoms with Crippen molar-refractivity contribution >= 4 is 24.4 Å². The molecule has 4 nitrogen and oxygen atoms in total. The lowest BCUT2D eigenvalue weighted by Crippen LogP contribution is -2.31. The van der Waals surface area contributed by atoms with E-state index in [1.165, 1.54) is 0 Å². The van der Waals surface area contributed by atoms with Crippen molar-refractivity contribution in [3.05, 3.63) is 0 Å². The maximum Gasteiger partial charge on any atom is 0.321 e. The minimum absolute atomic E-state index is 0.125. The van der Waals surface area contributed by atoms with E-state index in [1.54, 1.807) is 0 Å². The van der Waals surface area contributed by atoms with Gasteiger partial charge in [0, 0.05) is 0 Å². The van der Waals surface area contributed by atoms with Crippen molar-refractivity contribution in [2.75, 3.05) is 6.16 Å². The molecule has 0 aliphatic carbocycles. The standard InChI is InChI=1S/C3H6NO3PS/c4-2(3(5)6)1-8(7)9/h2H,1,4H2,(H,5,6). The highest BCUT2D eigenvalue weighted by Crippen LogP contribution is 2.03. The fourth-order valence-corrected chi connectivity index (χ4v) is 1.20. The second-order valence-electron chi connectivity index (χ2n) is 1.46. The Hall–Kier alpha value is -0.250. The predicted molar refractivity (Wildman–Crippen MR) is 35.4 cm³/mol. The summed E-state index contributed by atoms with van der Waals surface area (Å²) in [4.78, 5) is 9.93. The first kappa shape index (κ1) is 8.75. The number of hydrogen-bond donors (Lipinski definition) is 2. The van der Waals surface area contributed by atoms with Crippen LogP contribution in [0, 0.1) is 0 Å². The molecule has 0 aromatic rings. The molecule has 0 aliphatic rings. The highest BCUT2D eigenvalue weighted by molar-refractivity contribution is 7.99. The fraction of sp³-hybridized carbons (Fsp3) is 0.667. The molecule has 0 fully saturated rings. The molecule has 9 heavy (non-hydrogen) atoms. The van der Waals surface area contributed by atoms with Crippen LogP contribution in [0.25, 0.3) is 0 Å². The summed E-state index contributed by atoms with van der Waals surface area (Å²) in [7, 11) is 0. The number of carboxylic acids is 1. The summed E-state index contributed by atoms with van der Waals surface area (Å²) in [5, 5.41) is 8.13. The van der Waals surface area contributed by atoms with E-state index in [9.17, 15) is 9.36 Å². The van der Waals surface area contributed by atoms with E-state index in [1.807, 2.05) is 0 Å². The summed E-state index contributed by atoms with van der Waals surface area (Å²) < 4.78 is 10.2. The normalized spacial score (nSPS) is 14.6. The number of carbonyl (C=O) groups is 1. The van der Waals surface area contributed by atoms with Crippen LogP contribution in [0.1, 0.15) is 0 Å². The number of hydrogen-bond acceptors (Lipinski definition) is 4. The first-order valence-corrected chi connectivity index (χ1v) is 4.60. The lowest BCUT2D eigenvalue weighted by atomic mass is 10.4. The lowest BCUT2D eigenvalue weighted by Gasteiger charge is -1.97. The molecule has 0 spiro atoms. The van der Waals surface area contributed by atoms with Crippen LogP contribution in [0.4, 0.5) is 0 Å². The summed E-state index contributed by atoms with van der Waals surface area (Å²) >= 11 is 4.24. The zero-order chi connectivity index (χ0) is 7.44. The van der Waals surface area contributed by atoms with E-state index in [0.29, 0.717) is 0 Å². The van der Waals surface area contributed by atoms with Crippen molar-refractivity contribution in [1.29, 1.82) is 0 Å². The molecule has 0 amide bonds. The molecule has 0 aromatic carbocycles.